The molecule has 0 saturated heterocycles. The van der Waals surface area contributed by atoms with E-state index in [-0.39, 0.29) is 11.6 Å². The maximum absolute atomic E-state index is 13.2. The molecule has 0 aliphatic rings. The van der Waals surface area contributed by atoms with Crippen molar-refractivity contribution < 1.29 is 17.6 Å². The molecule has 0 radical (unpaired) electrons. The van der Waals surface area contributed by atoms with Crippen molar-refractivity contribution in [1.29, 1.82) is 0 Å². The third kappa shape index (κ3) is 6.45. The van der Waals surface area contributed by atoms with E-state index in [1.54, 1.807) is 6.92 Å². The van der Waals surface area contributed by atoms with Crippen LogP contribution in [0, 0.1) is 5.82 Å². The van der Waals surface area contributed by atoms with Crippen LogP contribution < -0.4 is 14.5 Å². The number of carbonyl (C=O) groups excluding carboxylic acids is 1. The highest BCUT2D eigenvalue weighted by atomic mass is 32.2. The van der Waals surface area contributed by atoms with Gasteiger partial charge in [0.2, 0.25) is 15.9 Å². The Morgan fingerprint density at radius 2 is 1.69 bits per heavy atom. The van der Waals surface area contributed by atoms with Gasteiger partial charge in [-0.3, -0.25) is 9.10 Å². The Morgan fingerprint density at radius 1 is 1.07 bits per heavy atom. The number of anilines is 2. The Kier molecular flexibility index (Phi) is 8.01. The number of para-hydroxylation sites is 1. The number of sulfonamides is 1. The van der Waals surface area contributed by atoms with Gasteiger partial charge in [-0.15, -0.1) is 0 Å². The lowest BCUT2D eigenvalue weighted by Gasteiger charge is -2.30. The predicted molar refractivity (Wildman–Crippen MR) is 115 cm³/mol. The molecule has 6 nitrogen and oxygen atoms in total. The van der Waals surface area contributed by atoms with Crippen LogP contribution in [0.25, 0.3) is 0 Å². The summed E-state index contributed by atoms with van der Waals surface area (Å²) >= 11 is 0. The quantitative estimate of drug-likeness (QED) is 0.599. The van der Waals surface area contributed by atoms with Gasteiger partial charge in [0.05, 0.1) is 11.9 Å². The Hall–Kier alpha value is -2.61. The van der Waals surface area contributed by atoms with Gasteiger partial charge in [0.25, 0.3) is 0 Å². The molecule has 0 aliphatic heterocycles. The fourth-order valence-electron chi connectivity index (χ4n) is 3.11. The molecule has 2 aromatic carbocycles. The van der Waals surface area contributed by atoms with Gasteiger partial charge in [-0.2, -0.15) is 0 Å². The minimum atomic E-state index is -3.73. The number of carbonyl (C=O) groups is 1. The van der Waals surface area contributed by atoms with E-state index in [9.17, 15) is 17.6 Å². The Labute approximate surface area is 172 Å². The molecule has 1 N–H and O–H groups in total. The first-order chi connectivity index (χ1) is 13.7. The maximum Gasteiger partial charge on any atom is 0.243 e. The highest BCUT2D eigenvalue weighted by Crippen LogP contribution is 2.22. The lowest BCUT2D eigenvalue weighted by molar-refractivity contribution is -0.122. The summed E-state index contributed by atoms with van der Waals surface area (Å²) in [6.45, 7) is 2.91. The van der Waals surface area contributed by atoms with Gasteiger partial charge < -0.3 is 10.2 Å². The van der Waals surface area contributed by atoms with E-state index in [1.165, 1.54) is 24.3 Å². The van der Waals surface area contributed by atoms with Crippen molar-refractivity contribution in [3.63, 3.8) is 0 Å². The Morgan fingerprint density at radius 3 is 2.24 bits per heavy atom. The summed E-state index contributed by atoms with van der Waals surface area (Å²) in [5.41, 5.74) is 1.35. The summed E-state index contributed by atoms with van der Waals surface area (Å²) in [5.74, 6) is -0.841. The second kappa shape index (κ2) is 10.2. The van der Waals surface area contributed by atoms with E-state index in [2.05, 4.69) is 10.2 Å². The minimum absolute atomic E-state index is 0.264. The summed E-state index contributed by atoms with van der Waals surface area (Å²) < 4.78 is 39.0. The van der Waals surface area contributed by atoms with Crippen LogP contribution in [0.5, 0.6) is 0 Å². The summed E-state index contributed by atoms with van der Waals surface area (Å²) in [6, 6.07) is 14.1. The standard InChI is InChI=1S/C21H28FN3O3S/c1-4-20(25(29(3,27)28)19-13-11-17(22)12-14-19)21(26)23-15-8-16-24(2)18-9-6-5-7-10-18/h5-7,9-14,20H,4,8,15-16H2,1-3H3,(H,23,26). The van der Waals surface area contributed by atoms with Crippen LogP contribution in [-0.2, 0) is 14.8 Å². The first-order valence-corrected chi connectivity index (χ1v) is 11.4. The van der Waals surface area contributed by atoms with Crippen molar-refractivity contribution >= 4 is 27.3 Å². The van der Waals surface area contributed by atoms with Gasteiger partial charge in [-0.05, 0) is 49.2 Å². The number of rotatable bonds is 10. The molecule has 1 atom stereocenters. The molecular weight excluding hydrogens is 393 g/mol. The monoisotopic (exact) mass is 421 g/mol. The zero-order chi connectivity index (χ0) is 21.4. The average Bonchev–Trinajstić information content (AvgIpc) is 2.69. The molecule has 8 heteroatoms. The van der Waals surface area contributed by atoms with E-state index in [4.69, 9.17) is 0 Å². The van der Waals surface area contributed by atoms with Gasteiger partial charge in [0.1, 0.15) is 11.9 Å². The van der Waals surface area contributed by atoms with Crippen LogP contribution in [0.3, 0.4) is 0 Å². The van der Waals surface area contributed by atoms with Crippen molar-refractivity contribution in [1.82, 2.24) is 5.32 Å². The molecule has 0 aromatic heterocycles. The number of amides is 1. The smallest absolute Gasteiger partial charge is 0.243 e. The van der Waals surface area contributed by atoms with Gasteiger partial charge >= 0.3 is 0 Å². The Bertz CT molecular complexity index is 889. The summed E-state index contributed by atoms with van der Waals surface area (Å²) in [7, 11) is -1.75. The second-order valence-electron chi connectivity index (χ2n) is 6.86. The fraction of sp³-hybridized carbons (Fsp3) is 0.381. The maximum atomic E-state index is 13.2. The second-order valence-corrected chi connectivity index (χ2v) is 8.72. The van der Waals surface area contributed by atoms with E-state index < -0.39 is 21.9 Å². The molecule has 1 amide bonds. The highest BCUT2D eigenvalue weighted by molar-refractivity contribution is 7.92. The lowest BCUT2D eigenvalue weighted by atomic mass is 10.2. The van der Waals surface area contributed by atoms with E-state index in [0.29, 0.717) is 19.4 Å². The number of hydrogen-bond acceptors (Lipinski definition) is 4. The number of benzene rings is 2. The molecule has 158 valence electrons. The third-order valence-electron chi connectivity index (χ3n) is 4.58. The van der Waals surface area contributed by atoms with Crippen LogP contribution in [0.15, 0.2) is 54.6 Å². The SMILES string of the molecule is CCC(C(=O)NCCCN(C)c1ccccc1)N(c1ccc(F)cc1)S(C)(=O)=O. The van der Waals surface area contributed by atoms with Crippen molar-refractivity contribution in [3.8, 4) is 0 Å². The predicted octanol–water partition coefficient (Wildman–Crippen LogP) is 3.01. The molecular formula is C21H28FN3O3S. The van der Waals surface area contributed by atoms with E-state index >= 15 is 0 Å². The van der Waals surface area contributed by atoms with Crippen molar-refractivity contribution in [3.05, 3.63) is 60.4 Å². The average molecular weight is 422 g/mol. The zero-order valence-electron chi connectivity index (χ0n) is 17.0. The molecule has 29 heavy (non-hydrogen) atoms. The number of halogens is 1. The Balaban J connectivity index is 1.99. The molecule has 0 bridgehead atoms. The van der Waals surface area contributed by atoms with Gasteiger partial charge in [0.15, 0.2) is 0 Å². The normalized spacial score (nSPS) is 12.3. The molecule has 1 unspecified atom stereocenters. The van der Waals surface area contributed by atoms with E-state index in [0.717, 1.165) is 22.8 Å². The molecule has 0 aliphatic carbocycles. The third-order valence-corrected chi connectivity index (χ3v) is 5.76. The summed E-state index contributed by atoms with van der Waals surface area (Å²) in [6.07, 6.45) is 2.05. The number of hydrogen-bond donors (Lipinski definition) is 1. The molecule has 0 saturated carbocycles. The minimum Gasteiger partial charge on any atom is -0.375 e. The molecule has 0 spiro atoms. The largest absolute Gasteiger partial charge is 0.375 e. The van der Waals surface area contributed by atoms with Crippen LogP contribution in [-0.4, -0.2) is 46.8 Å². The summed E-state index contributed by atoms with van der Waals surface area (Å²) in [5, 5.41) is 2.83. The number of nitrogens with one attached hydrogen (secondary N) is 1. The molecule has 0 heterocycles. The summed E-state index contributed by atoms with van der Waals surface area (Å²) in [4.78, 5) is 14.8. The molecule has 2 rings (SSSR count). The molecule has 0 fully saturated rings. The van der Waals surface area contributed by atoms with Gasteiger partial charge in [0, 0.05) is 25.8 Å². The van der Waals surface area contributed by atoms with Crippen molar-refractivity contribution in [2.45, 2.75) is 25.8 Å². The first kappa shape index (κ1) is 22.7. The van der Waals surface area contributed by atoms with Crippen LogP contribution in [0.4, 0.5) is 15.8 Å². The van der Waals surface area contributed by atoms with Gasteiger partial charge in [-0.25, -0.2) is 12.8 Å². The topological polar surface area (TPSA) is 69.7 Å². The van der Waals surface area contributed by atoms with E-state index in [1.807, 2.05) is 37.4 Å². The molecule has 2 aromatic rings. The lowest BCUT2D eigenvalue weighted by Crippen LogP contribution is -2.49. The highest BCUT2D eigenvalue weighted by Gasteiger charge is 2.31. The van der Waals surface area contributed by atoms with Crippen LogP contribution in [0.2, 0.25) is 0 Å². The van der Waals surface area contributed by atoms with Crippen molar-refractivity contribution in [2.75, 3.05) is 35.6 Å². The van der Waals surface area contributed by atoms with Crippen molar-refractivity contribution in [2.24, 2.45) is 0 Å². The first-order valence-electron chi connectivity index (χ1n) is 9.53. The zero-order valence-corrected chi connectivity index (χ0v) is 17.8. The fourth-order valence-corrected chi connectivity index (χ4v) is 4.32. The van der Waals surface area contributed by atoms with Gasteiger partial charge in [-0.1, -0.05) is 25.1 Å². The number of nitrogens with zero attached hydrogens (tertiary/aromatic N) is 2. The van der Waals surface area contributed by atoms with Crippen LogP contribution in [0.1, 0.15) is 19.8 Å². The van der Waals surface area contributed by atoms with Crippen LogP contribution >= 0.6 is 0 Å².